The molecule has 2 aromatic rings. The average Bonchev–Trinajstić information content (AvgIpc) is 2.74. The summed E-state index contributed by atoms with van der Waals surface area (Å²) in [6, 6.07) is 10.9. The molecule has 3 rings (SSSR count). The zero-order valence-corrected chi connectivity index (χ0v) is 17.7. The predicted molar refractivity (Wildman–Crippen MR) is 114 cm³/mol. The molecule has 0 fully saturated rings. The van der Waals surface area contributed by atoms with E-state index in [1.807, 2.05) is 30.9 Å². The van der Waals surface area contributed by atoms with Crippen LogP contribution in [0.25, 0.3) is 0 Å². The van der Waals surface area contributed by atoms with Gasteiger partial charge in [-0.25, -0.2) is 4.79 Å². The van der Waals surface area contributed by atoms with Gasteiger partial charge in [0, 0.05) is 24.3 Å². The Balaban J connectivity index is 1.77. The van der Waals surface area contributed by atoms with Gasteiger partial charge in [-0.15, -0.1) is 0 Å². The average molecular weight is 412 g/mol. The second kappa shape index (κ2) is 10.0. The second-order valence-electron chi connectivity index (χ2n) is 6.84. The summed E-state index contributed by atoms with van der Waals surface area (Å²) in [4.78, 5) is 26.5. The quantitative estimate of drug-likeness (QED) is 0.736. The minimum atomic E-state index is -0.539. The Morgan fingerprint density at radius 1 is 0.967 bits per heavy atom. The van der Waals surface area contributed by atoms with Gasteiger partial charge >= 0.3 is 6.09 Å². The molecule has 0 aliphatic carbocycles. The summed E-state index contributed by atoms with van der Waals surface area (Å²) in [5.41, 5.74) is 3.27. The summed E-state index contributed by atoms with van der Waals surface area (Å²) in [7, 11) is 0. The van der Waals surface area contributed by atoms with Crippen LogP contribution in [0.2, 0.25) is 0 Å². The van der Waals surface area contributed by atoms with E-state index in [2.05, 4.69) is 5.32 Å². The van der Waals surface area contributed by atoms with E-state index in [0.29, 0.717) is 43.3 Å². The van der Waals surface area contributed by atoms with E-state index in [9.17, 15) is 9.59 Å². The largest absolute Gasteiger partial charge is 0.490 e. The van der Waals surface area contributed by atoms with E-state index >= 15 is 0 Å². The van der Waals surface area contributed by atoms with Crippen LogP contribution in [-0.4, -0.2) is 43.3 Å². The molecule has 7 nitrogen and oxygen atoms in total. The lowest BCUT2D eigenvalue weighted by molar-refractivity contribution is 0.0734. The van der Waals surface area contributed by atoms with Crippen molar-refractivity contribution in [1.82, 2.24) is 4.90 Å². The zero-order valence-electron chi connectivity index (χ0n) is 17.7. The van der Waals surface area contributed by atoms with Gasteiger partial charge in [0.1, 0.15) is 0 Å². The first-order valence-electron chi connectivity index (χ1n) is 10.3. The van der Waals surface area contributed by atoms with Crippen molar-refractivity contribution < 1.29 is 23.8 Å². The van der Waals surface area contributed by atoms with Crippen molar-refractivity contribution in [3.05, 3.63) is 53.1 Å². The fourth-order valence-electron chi connectivity index (χ4n) is 3.47. The van der Waals surface area contributed by atoms with Crippen molar-refractivity contribution >= 4 is 17.7 Å². The number of carbonyl (C=O) groups is 2. The molecule has 0 aromatic heterocycles. The van der Waals surface area contributed by atoms with Gasteiger partial charge in [0.15, 0.2) is 11.5 Å². The summed E-state index contributed by atoms with van der Waals surface area (Å²) < 4.78 is 16.3. The normalized spacial score (nSPS) is 12.7. The number of hydrogen-bond acceptors (Lipinski definition) is 5. The molecule has 7 heteroatoms. The zero-order chi connectivity index (χ0) is 21.5. The molecule has 30 heavy (non-hydrogen) atoms. The van der Waals surface area contributed by atoms with E-state index in [0.717, 1.165) is 17.7 Å². The highest BCUT2D eigenvalue weighted by atomic mass is 16.5. The molecule has 2 aromatic carbocycles. The number of ether oxygens (including phenoxy) is 3. The Morgan fingerprint density at radius 2 is 1.67 bits per heavy atom. The molecule has 0 atom stereocenters. The van der Waals surface area contributed by atoms with Crippen molar-refractivity contribution in [3.63, 3.8) is 0 Å². The molecule has 0 spiro atoms. The molecular formula is C23H28N2O5. The van der Waals surface area contributed by atoms with Gasteiger partial charge in [0.05, 0.1) is 19.8 Å². The fraction of sp³-hybridized carbons (Fsp3) is 0.391. The van der Waals surface area contributed by atoms with Crippen LogP contribution in [0.3, 0.4) is 0 Å². The molecular weight excluding hydrogens is 384 g/mol. The van der Waals surface area contributed by atoms with Gasteiger partial charge in [0.2, 0.25) is 0 Å². The maximum atomic E-state index is 13.1. The van der Waals surface area contributed by atoms with Crippen LogP contribution >= 0.6 is 0 Å². The maximum Gasteiger partial charge on any atom is 0.411 e. The van der Waals surface area contributed by atoms with Crippen LogP contribution in [0.4, 0.5) is 10.5 Å². The van der Waals surface area contributed by atoms with Crippen LogP contribution in [0.15, 0.2) is 36.4 Å². The first kappa shape index (κ1) is 21.5. The molecule has 0 unspecified atom stereocenters. The summed E-state index contributed by atoms with van der Waals surface area (Å²) in [6.45, 7) is 8.12. The Hall–Kier alpha value is -3.22. The highest BCUT2D eigenvalue weighted by molar-refractivity contribution is 5.96. The smallest absolute Gasteiger partial charge is 0.411 e. The second-order valence-corrected chi connectivity index (χ2v) is 6.84. The lowest BCUT2D eigenvalue weighted by atomic mass is 9.98. The summed E-state index contributed by atoms with van der Waals surface area (Å²) in [6.07, 6.45) is 0.205. The Kier molecular flexibility index (Phi) is 7.17. The lowest BCUT2D eigenvalue weighted by Gasteiger charge is -2.30. The molecule has 1 heterocycles. The first-order valence-corrected chi connectivity index (χ1v) is 10.3. The SMILES string of the molecule is CCOC(=O)Nc1cccc(C(=O)N2CCc3cc(OCC)c(OCC)cc3C2)c1. The maximum absolute atomic E-state index is 13.1. The number of fused-ring (bicyclic) bond motifs is 1. The van der Waals surface area contributed by atoms with Gasteiger partial charge in [0.25, 0.3) is 5.91 Å². The molecule has 160 valence electrons. The van der Waals surface area contributed by atoms with Crippen LogP contribution in [-0.2, 0) is 17.7 Å². The summed E-state index contributed by atoms with van der Waals surface area (Å²) in [5, 5.41) is 2.63. The minimum absolute atomic E-state index is 0.0833. The first-order chi connectivity index (χ1) is 14.5. The highest BCUT2D eigenvalue weighted by Crippen LogP contribution is 2.34. The monoisotopic (exact) mass is 412 g/mol. The van der Waals surface area contributed by atoms with E-state index < -0.39 is 6.09 Å². The van der Waals surface area contributed by atoms with E-state index in [4.69, 9.17) is 14.2 Å². The number of nitrogens with zero attached hydrogens (tertiary/aromatic N) is 1. The number of hydrogen-bond donors (Lipinski definition) is 1. The topological polar surface area (TPSA) is 77.1 Å². The lowest BCUT2D eigenvalue weighted by Crippen LogP contribution is -2.36. The summed E-state index contributed by atoms with van der Waals surface area (Å²) in [5.74, 6) is 1.36. The Labute approximate surface area is 176 Å². The molecule has 0 bridgehead atoms. The van der Waals surface area contributed by atoms with E-state index in [1.165, 1.54) is 5.56 Å². The highest BCUT2D eigenvalue weighted by Gasteiger charge is 2.24. The number of benzene rings is 2. The van der Waals surface area contributed by atoms with Gasteiger partial charge in [-0.1, -0.05) is 6.07 Å². The third-order valence-corrected chi connectivity index (χ3v) is 4.80. The molecule has 0 saturated heterocycles. The number of rotatable bonds is 7. The standard InChI is InChI=1S/C23H28N2O5/c1-4-28-20-13-16-10-11-25(15-18(16)14-21(20)29-5-2)22(26)17-8-7-9-19(12-17)24-23(27)30-6-3/h7-9,12-14H,4-6,10-11,15H2,1-3H3,(H,24,27). The van der Waals surface area contributed by atoms with Crippen LogP contribution in [0.1, 0.15) is 42.3 Å². The number of carbonyl (C=O) groups excluding carboxylic acids is 2. The van der Waals surface area contributed by atoms with Crippen molar-refractivity contribution in [3.8, 4) is 11.5 Å². The number of amides is 2. The molecule has 1 aliphatic heterocycles. The van der Waals surface area contributed by atoms with Gasteiger partial charge in [-0.05, 0) is 68.7 Å². The predicted octanol–water partition coefficient (Wildman–Crippen LogP) is 4.25. The molecule has 2 amide bonds. The van der Waals surface area contributed by atoms with Gasteiger partial charge < -0.3 is 19.1 Å². The molecule has 1 N–H and O–H groups in total. The third kappa shape index (κ3) is 5.03. The van der Waals surface area contributed by atoms with Crippen LogP contribution < -0.4 is 14.8 Å². The number of anilines is 1. The van der Waals surface area contributed by atoms with Crippen molar-refractivity contribution in [2.75, 3.05) is 31.7 Å². The molecule has 0 radical (unpaired) electrons. The molecule has 1 aliphatic rings. The Bertz CT molecular complexity index is 912. The van der Waals surface area contributed by atoms with Crippen molar-refractivity contribution in [2.24, 2.45) is 0 Å². The van der Waals surface area contributed by atoms with Crippen molar-refractivity contribution in [1.29, 1.82) is 0 Å². The fourth-order valence-corrected chi connectivity index (χ4v) is 3.47. The van der Waals surface area contributed by atoms with Crippen LogP contribution in [0, 0.1) is 0 Å². The third-order valence-electron chi connectivity index (χ3n) is 4.80. The van der Waals surface area contributed by atoms with E-state index in [-0.39, 0.29) is 12.5 Å². The summed E-state index contributed by atoms with van der Waals surface area (Å²) >= 11 is 0. The van der Waals surface area contributed by atoms with E-state index in [1.54, 1.807) is 31.2 Å². The Morgan fingerprint density at radius 3 is 2.33 bits per heavy atom. The van der Waals surface area contributed by atoms with Gasteiger partial charge in [-0.2, -0.15) is 0 Å². The number of nitrogens with one attached hydrogen (secondary N) is 1. The molecule has 0 saturated carbocycles. The van der Waals surface area contributed by atoms with Crippen LogP contribution in [0.5, 0.6) is 11.5 Å². The van der Waals surface area contributed by atoms with Crippen molar-refractivity contribution in [2.45, 2.75) is 33.7 Å². The van der Waals surface area contributed by atoms with Gasteiger partial charge in [-0.3, -0.25) is 10.1 Å². The minimum Gasteiger partial charge on any atom is -0.490 e.